The second-order valence-corrected chi connectivity index (χ2v) is 4.00. The molecule has 0 saturated carbocycles. The summed E-state index contributed by atoms with van der Waals surface area (Å²) < 4.78 is 0.410. The Bertz CT molecular complexity index is 335. The lowest BCUT2D eigenvalue weighted by molar-refractivity contribution is 0.396. The van der Waals surface area contributed by atoms with Gasteiger partial charge in [0, 0.05) is 6.54 Å². The van der Waals surface area contributed by atoms with Gasteiger partial charge >= 0.3 is 0 Å². The summed E-state index contributed by atoms with van der Waals surface area (Å²) in [7, 11) is 4.16. The fraction of sp³-hybridized carbons (Fsp3) is 0.667. The molecule has 1 rings (SSSR count). The molecule has 0 amide bonds. The molecule has 6 heteroatoms. The van der Waals surface area contributed by atoms with Gasteiger partial charge in [0.05, 0.1) is 6.20 Å². The molecule has 84 valence electrons. The number of nitrogens with zero attached hydrogens (tertiary/aromatic N) is 3. The number of aromatic nitrogens is 3. The van der Waals surface area contributed by atoms with E-state index in [4.69, 9.17) is 12.2 Å². The molecule has 15 heavy (non-hydrogen) atoms. The molecule has 1 aromatic heterocycles. The van der Waals surface area contributed by atoms with Crippen LogP contribution in [0.25, 0.3) is 0 Å². The van der Waals surface area contributed by atoms with Crippen molar-refractivity contribution in [1.82, 2.24) is 20.1 Å². The molecular formula is C9H17N5S. The Labute approximate surface area is 94.9 Å². The maximum atomic E-state index is 4.86. The van der Waals surface area contributed by atoms with Crippen molar-refractivity contribution in [2.45, 2.75) is 12.8 Å². The van der Waals surface area contributed by atoms with Crippen molar-refractivity contribution < 1.29 is 0 Å². The summed E-state index contributed by atoms with van der Waals surface area (Å²) in [5.74, 6) is 0.739. The van der Waals surface area contributed by atoms with Gasteiger partial charge in [-0.25, -0.2) is 4.98 Å². The quantitative estimate of drug-likeness (QED) is 0.566. The Morgan fingerprint density at radius 3 is 2.93 bits per heavy atom. The zero-order chi connectivity index (χ0) is 11.1. The van der Waals surface area contributed by atoms with Crippen LogP contribution < -0.4 is 5.32 Å². The number of aromatic amines is 1. The highest BCUT2D eigenvalue weighted by Gasteiger charge is 1.94. The largest absolute Gasteiger partial charge is 0.369 e. The zero-order valence-corrected chi connectivity index (χ0v) is 9.97. The van der Waals surface area contributed by atoms with E-state index in [1.54, 1.807) is 6.20 Å². The van der Waals surface area contributed by atoms with Crippen LogP contribution in [-0.4, -0.2) is 47.3 Å². The SMILES string of the molecule is CN(C)CCCCNc1cn[nH]c(=S)n1. The molecule has 0 radical (unpaired) electrons. The summed E-state index contributed by atoms with van der Waals surface area (Å²) in [6.07, 6.45) is 3.93. The Kier molecular flexibility index (Phi) is 5.20. The molecule has 2 N–H and O–H groups in total. The summed E-state index contributed by atoms with van der Waals surface area (Å²) in [6, 6.07) is 0. The number of nitrogens with one attached hydrogen (secondary N) is 2. The second-order valence-electron chi connectivity index (χ2n) is 3.61. The fourth-order valence-electron chi connectivity index (χ4n) is 1.17. The van der Waals surface area contributed by atoms with Gasteiger partial charge in [0.15, 0.2) is 0 Å². The van der Waals surface area contributed by atoms with Crippen LogP contribution in [0.15, 0.2) is 6.20 Å². The van der Waals surface area contributed by atoms with E-state index in [1.165, 1.54) is 6.42 Å². The molecule has 0 atom stereocenters. The summed E-state index contributed by atoms with van der Waals surface area (Å²) in [4.78, 5) is 6.26. The lowest BCUT2D eigenvalue weighted by Crippen LogP contribution is -2.14. The van der Waals surface area contributed by atoms with Crippen LogP contribution in [-0.2, 0) is 0 Å². The van der Waals surface area contributed by atoms with E-state index in [0.717, 1.165) is 25.3 Å². The molecular weight excluding hydrogens is 210 g/mol. The summed E-state index contributed by atoms with van der Waals surface area (Å²) in [6.45, 7) is 2.02. The van der Waals surface area contributed by atoms with Crippen molar-refractivity contribution in [3.8, 4) is 0 Å². The first-order chi connectivity index (χ1) is 7.18. The van der Waals surface area contributed by atoms with Crippen molar-refractivity contribution in [2.75, 3.05) is 32.5 Å². The molecule has 0 aromatic carbocycles. The maximum absolute atomic E-state index is 4.86. The van der Waals surface area contributed by atoms with Crippen LogP contribution in [0, 0.1) is 4.77 Å². The van der Waals surface area contributed by atoms with Gasteiger partial charge in [0.1, 0.15) is 5.82 Å². The average Bonchev–Trinajstić information content (AvgIpc) is 2.17. The van der Waals surface area contributed by atoms with Crippen molar-refractivity contribution >= 4 is 18.0 Å². The molecule has 1 heterocycles. The van der Waals surface area contributed by atoms with Crippen LogP contribution in [0.3, 0.4) is 0 Å². The monoisotopic (exact) mass is 227 g/mol. The van der Waals surface area contributed by atoms with Gasteiger partial charge in [-0.3, -0.25) is 5.10 Å². The zero-order valence-electron chi connectivity index (χ0n) is 9.16. The third-order valence-corrected chi connectivity index (χ3v) is 2.09. The molecule has 0 bridgehead atoms. The topological polar surface area (TPSA) is 56.8 Å². The number of unbranched alkanes of at least 4 members (excludes halogenated alkanes) is 1. The van der Waals surface area contributed by atoms with Crippen molar-refractivity contribution in [3.05, 3.63) is 11.0 Å². The molecule has 0 aliphatic rings. The average molecular weight is 227 g/mol. The van der Waals surface area contributed by atoms with E-state index in [2.05, 4.69) is 39.5 Å². The normalized spacial score (nSPS) is 10.6. The fourth-order valence-corrected chi connectivity index (χ4v) is 1.32. The summed E-state index contributed by atoms with van der Waals surface area (Å²) in [5.41, 5.74) is 0. The Hall–Kier alpha value is -1.01. The summed E-state index contributed by atoms with van der Waals surface area (Å²) >= 11 is 4.86. The van der Waals surface area contributed by atoms with Gasteiger partial charge < -0.3 is 10.2 Å². The van der Waals surface area contributed by atoms with Crippen LogP contribution in [0.1, 0.15) is 12.8 Å². The lowest BCUT2D eigenvalue weighted by atomic mass is 10.3. The molecule has 0 saturated heterocycles. The third kappa shape index (κ3) is 5.44. The molecule has 0 aliphatic carbocycles. The van der Waals surface area contributed by atoms with Crippen LogP contribution >= 0.6 is 12.2 Å². The number of rotatable bonds is 6. The minimum atomic E-state index is 0.410. The van der Waals surface area contributed by atoms with Crippen molar-refractivity contribution in [2.24, 2.45) is 0 Å². The van der Waals surface area contributed by atoms with Gasteiger partial charge in [-0.2, -0.15) is 5.10 Å². The molecule has 0 aliphatic heterocycles. The number of anilines is 1. The van der Waals surface area contributed by atoms with Gasteiger partial charge in [-0.1, -0.05) is 0 Å². The van der Waals surface area contributed by atoms with Crippen LogP contribution in [0.4, 0.5) is 5.82 Å². The standard InChI is InChI=1S/C9H17N5S/c1-14(2)6-4-3-5-10-8-7-11-13-9(15)12-8/h7H,3-6H2,1-2H3,(H2,10,12,13,15). The molecule has 0 fully saturated rings. The van der Waals surface area contributed by atoms with E-state index >= 15 is 0 Å². The maximum Gasteiger partial charge on any atom is 0.215 e. The van der Waals surface area contributed by atoms with E-state index in [0.29, 0.717) is 4.77 Å². The first-order valence-electron chi connectivity index (χ1n) is 4.99. The highest BCUT2D eigenvalue weighted by molar-refractivity contribution is 7.71. The smallest absolute Gasteiger partial charge is 0.215 e. The highest BCUT2D eigenvalue weighted by atomic mass is 32.1. The number of hydrogen-bond acceptors (Lipinski definition) is 5. The predicted molar refractivity (Wildman–Crippen MR) is 63.5 cm³/mol. The third-order valence-electron chi connectivity index (χ3n) is 1.91. The highest BCUT2D eigenvalue weighted by Crippen LogP contribution is 1.98. The van der Waals surface area contributed by atoms with Crippen molar-refractivity contribution in [3.63, 3.8) is 0 Å². The van der Waals surface area contributed by atoms with Gasteiger partial charge in [-0.05, 0) is 45.7 Å². The van der Waals surface area contributed by atoms with E-state index in [-0.39, 0.29) is 0 Å². The lowest BCUT2D eigenvalue weighted by Gasteiger charge is -2.09. The minimum absolute atomic E-state index is 0.410. The van der Waals surface area contributed by atoms with Crippen LogP contribution in [0.5, 0.6) is 0 Å². The van der Waals surface area contributed by atoms with Gasteiger partial charge in [-0.15, -0.1) is 0 Å². The molecule has 5 nitrogen and oxygen atoms in total. The Morgan fingerprint density at radius 2 is 2.27 bits per heavy atom. The first kappa shape index (κ1) is 12.1. The van der Waals surface area contributed by atoms with Crippen molar-refractivity contribution in [1.29, 1.82) is 0 Å². The van der Waals surface area contributed by atoms with Gasteiger partial charge in [0.25, 0.3) is 0 Å². The van der Waals surface area contributed by atoms with Gasteiger partial charge in [0.2, 0.25) is 4.77 Å². The number of H-pyrrole nitrogens is 1. The van der Waals surface area contributed by atoms with E-state index < -0.39 is 0 Å². The molecule has 0 spiro atoms. The van der Waals surface area contributed by atoms with E-state index in [9.17, 15) is 0 Å². The minimum Gasteiger partial charge on any atom is -0.369 e. The Balaban J connectivity index is 2.18. The number of hydrogen-bond donors (Lipinski definition) is 2. The summed E-state index contributed by atoms with van der Waals surface area (Å²) in [5, 5.41) is 9.62. The van der Waals surface area contributed by atoms with E-state index in [1.807, 2.05) is 0 Å². The molecule has 1 aromatic rings. The predicted octanol–water partition coefficient (Wildman–Crippen LogP) is 1.29. The van der Waals surface area contributed by atoms with Crippen LogP contribution in [0.2, 0.25) is 0 Å². The molecule has 0 unspecified atom stereocenters. The second kappa shape index (κ2) is 6.47. The first-order valence-corrected chi connectivity index (χ1v) is 5.39. The Morgan fingerprint density at radius 1 is 1.47 bits per heavy atom.